The molecule has 24 nitrogen and oxygen atoms in total. The van der Waals surface area contributed by atoms with Crippen LogP contribution in [0, 0.1) is 15.3 Å². The molecule has 0 radical (unpaired) electrons. The van der Waals surface area contributed by atoms with Gasteiger partial charge in [-0.2, -0.15) is 0 Å². The van der Waals surface area contributed by atoms with E-state index in [0.717, 1.165) is 40.5 Å². The largest absolute Gasteiger partial charge is 3.00 e. The van der Waals surface area contributed by atoms with Gasteiger partial charge in [0.1, 0.15) is 11.5 Å². The van der Waals surface area contributed by atoms with Crippen molar-refractivity contribution < 1.29 is 156 Å². The SMILES string of the molecule is CC(=O)[O-].CC(=O)[O-].CO.CO.COc1cccc(/C=N/OCCO/N=C/c2ccc(/C=N/OCCO/N=C/c3cccc(OC)c3[O-])c([O-])c2[O-])c1[O-].O=[N+]([O-])[O-].[Y+3].[Zn+2].[Zn+2]. The van der Waals surface area contributed by atoms with Crippen LogP contribution in [-0.4, -0.2) is 107 Å². The van der Waals surface area contributed by atoms with Gasteiger partial charge in [-0.05, 0) is 48.2 Å². The molecule has 0 saturated carbocycles. The van der Waals surface area contributed by atoms with Gasteiger partial charge in [-0.25, -0.2) is 0 Å². The number of benzene rings is 3. The Balaban J connectivity index is -0.000000345. The maximum Gasteiger partial charge on any atom is 3.00 e. The minimum Gasteiger partial charge on any atom is -0.872 e. The topological polar surface area (TPSA) is 384 Å². The Morgan fingerprint density at radius 1 is 0.557 bits per heavy atom. The molecule has 0 aromatic heterocycles. The number of nitrogens with zero attached hydrogens (tertiary/aromatic N) is 5. The number of hydrogen-bond acceptors (Lipinski definition) is 23. The Morgan fingerprint density at radius 2 is 0.770 bits per heavy atom. The normalized spacial score (nSPS) is 9.31. The molecule has 0 atom stereocenters. The number of aliphatic carboxylic acids is 2. The van der Waals surface area contributed by atoms with Crippen LogP contribution < -0.4 is 40.1 Å². The molecule has 0 aliphatic rings. The maximum absolute atomic E-state index is 12.3. The number of aliphatic hydroxyl groups excluding tert-OH is 2. The van der Waals surface area contributed by atoms with E-state index in [1.165, 1.54) is 38.8 Å². The van der Waals surface area contributed by atoms with Gasteiger partial charge in [-0.3, -0.25) is 0 Å². The first-order valence-corrected chi connectivity index (χ1v) is 15.5. The fraction of sp³-hybridized carbons (Fsp3) is 0.294. The summed E-state index contributed by atoms with van der Waals surface area (Å²) in [6.45, 7) is 1.96. The molecule has 0 fully saturated rings. The van der Waals surface area contributed by atoms with Gasteiger partial charge in [0.2, 0.25) is 0 Å². The van der Waals surface area contributed by atoms with Crippen molar-refractivity contribution in [2.24, 2.45) is 20.6 Å². The molecule has 0 bridgehead atoms. The van der Waals surface area contributed by atoms with E-state index in [-0.39, 0.29) is 132 Å². The zero-order valence-electron chi connectivity index (χ0n) is 33.8. The summed E-state index contributed by atoms with van der Waals surface area (Å²) in [5.41, 5.74) is 0.624. The number of para-hydroxylation sites is 2. The molecule has 0 spiro atoms. The summed E-state index contributed by atoms with van der Waals surface area (Å²) in [5.74, 6) is -4.01. The molecule has 0 amide bonds. The van der Waals surface area contributed by atoms with Crippen LogP contribution >= 0.6 is 0 Å². The summed E-state index contributed by atoms with van der Waals surface area (Å²) in [7, 11) is 4.79. The number of oxime groups is 4. The fourth-order valence-corrected chi connectivity index (χ4v) is 3.12. The number of rotatable bonds is 16. The van der Waals surface area contributed by atoms with Crippen LogP contribution in [0.4, 0.5) is 0 Å². The fourth-order valence-electron chi connectivity index (χ4n) is 3.12. The first-order valence-electron chi connectivity index (χ1n) is 15.5. The molecule has 3 aromatic rings. The predicted molar refractivity (Wildman–Crippen MR) is 192 cm³/mol. The molecule has 0 aliphatic heterocycles. The quantitative estimate of drug-likeness (QED) is 0.0484. The second kappa shape index (κ2) is 44.3. The monoisotopic (exact) mass is 1040 g/mol. The number of ether oxygens (including phenoxy) is 2. The van der Waals surface area contributed by atoms with Crippen molar-refractivity contribution in [3.8, 4) is 34.5 Å². The van der Waals surface area contributed by atoms with Gasteiger partial charge in [0.15, 0.2) is 26.4 Å². The molecule has 0 heterocycles. The summed E-state index contributed by atoms with van der Waals surface area (Å²) in [6, 6.07) is 12.3. The third kappa shape index (κ3) is 35.2. The van der Waals surface area contributed by atoms with E-state index in [9.17, 15) is 20.4 Å². The average Bonchev–Trinajstić information content (AvgIpc) is 3.18. The zero-order chi connectivity index (χ0) is 44.9. The standard InChI is InChI=1S/C28H30N4O10.2C2H4O2.2CH4O.NO3.Y.2Zn/c1-37-23-7-3-5-19(25(23)33)15-29-39-11-13-41-31-17-21-9-10-22(28(36)27(21)35)18-32-42-14-12-40-30-16-20-6-4-8-24(38-2)26(20)34;2*1-2(3)4;2*1-2;2-1(3)4;;;/h3-10,15-18,33-36H,11-14H2,1-2H3;2*1H3,(H,3,4);2*2H,1H3;;;;/q;;;;;-1;+3;2*+2/p-6/b29-15+,30-16+,31-17+,32-18+;;;;;;;;. The number of methoxy groups -OCH3 is 2. The predicted octanol–water partition coefficient (Wildman–Crippen LogP) is -2.72. The maximum atomic E-state index is 12.3. The van der Waals surface area contributed by atoms with Crippen LogP contribution in [0.3, 0.4) is 0 Å². The van der Waals surface area contributed by atoms with Crippen molar-refractivity contribution >= 4 is 36.8 Å². The van der Waals surface area contributed by atoms with E-state index in [1.807, 2.05) is 0 Å². The Labute approximate surface area is 400 Å². The second-order valence-corrected chi connectivity index (χ2v) is 9.14. The average molecular weight is 1040 g/mol. The molecule has 322 valence electrons. The third-order valence-electron chi connectivity index (χ3n) is 5.23. The molecule has 2 N–H and O–H groups in total. The number of carboxylic acids is 2. The van der Waals surface area contributed by atoms with E-state index in [1.54, 1.807) is 36.4 Å². The summed E-state index contributed by atoms with van der Waals surface area (Å²) >= 11 is 0. The van der Waals surface area contributed by atoms with E-state index in [2.05, 4.69) is 20.6 Å². The molecular weight excluding hydrogens is 1000 g/mol. The van der Waals surface area contributed by atoms with Gasteiger partial charge >= 0.3 is 71.7 Å². The van der Waals surface area contributed by atoms with Gasteiger partial charge in [0, 0.05) is 26.2 Å². The minimum absolute atomic E-state index is 0. The minimum atomic E-state index is -1.75. The summed E-state index contributed by atoms with van der Waals surface area (Å²) < 4.78 is 9.90. The Kier molecular flexibility index (Phi) is 49.0. The van der Waals surface area contributed by atoms with E-state index in [4.69, 9.17) is 74.2 Å². The number of hydrogen-bond donors (Lipinski definition) is 2. The molecule has 61 heavy (non-hydrogen) atoms. The van der Waals surface area contributed by atoms with Crippen molar-refractivity contribution in [3.05, 3.63) is 86.1 Å². The molecule has 27 heteroatoms. The van der Waals surface area contributed by atoms with Crippen LogP contribution in [0.2, 0.25) is 0 Å². The molecule has 0 saturated heterocycles. The van der Waals surface area contributed by atoms with Gasteiger partial charge in [0.25, 0.3) is 0 Å². The van der Waals surface area contributed by atoms with Crippen LogP contribution in [0.5, 0.6) is 34.5 Å². The van der Waals surface area contributed by atoms with Crippen molar-refractivity contribution in [1.82, 2.24) is 0 Å². The molecule has 0 unspecified atom stereocenters. The number of aliphatic hydroxyl groups is 2. The van der Waals surface area contributed by atoms with Crippen LogP contribution in [0.15, 0.2) is 69.2 Å². The van der Waals surface area contributed by atoms with Crippen molar-refractivity contribution in [2.45, 2.75) is 13.8 Å². The molecule has 3 rings (SSSR count). The number of carbonyl (C=O) groups is 2. The van der Waals surface area contributed by atoms with Gasteiger partial charge in [-0.1, -0.05) is 68.5 Å². The van der Waals surface area contributed by atoms with Crippen LogP contribution in [0.25, 0.3) is 0 Å². The van der Waals surface area contributed by atoms with E-state index >= 15 is 0 Å². The molecular formula is C34H40N5O19YZn2. The summed E-state index contributed by atoms with van der Waals surface area (Å²) in [5, 5.41) is 110. The third-order valence-corrected chi connectivity index (χ3v) is 5.23. The Bertz CT molecular complexity index is 1610. The first-order chi connectivity index (χ1) is 27.7. The van der Waals surface area contributed by atoms with Crippen molar-refractivity contribution in [2.75, 3.05) is 54.9 Å². The second-order valence-electron chi connectivity index (χ2n) is 9.14. The van der Waals surface area contributed by atoms with Gasteiger partial charge < -0.3 is 94.6 Å². The number of carboxylic acid groups (broad SMARTS) is 2. The van der Waals surface area contributed by atoms with Gasteiger partial charge in [0.05, 0.1) is 44.2 Å². The number of carbonyl (C=O) groups excluding carboxylic acids is 2. The molecule has 3 aromatic carbocycles. The van der Waals surface area contributed by atoms with Crippen LogP contribution in [0.1, 0.15) is 36.1 Å². The Hall–Kier alpha value is -5.25. The Morgan fingerprint density at radius 3 is 0.984 bits per heavy atom. The molecule has 0 aliphatic carbocycles. The van der Waals surface area contributed by atoms with Crippen molar-refractivity contribution in [3.63, 3.8) is 0 Å². The van der Waals surface area contributed by atoms with Crippen LogP contribution in [-0.2, 0) is 101 Å². The van der Waals surface area contributed by atoms with E-state index < -0.39 is 28.5 Å². The van der Waals surface area contributed by atoms with Gasteiger partial charge in [-0.15, -0.1) is 11.5 Å². The summed E-state index contributed by atoms with van der Waals surface area (Å²) in [6.07, 6.45) is 4.71. The first kappa shape index (κ1) is 67.5. The zero-order valence-corrected chi connectivity index (χ0v) is 42.6. The van der Waals surface area contributed by atoms with Crippen molar-refractivity contribution in [1.29, 1.82) is 0 Å². The summed E-state index contributed by atoms with van der Waals surface area (Å²) in [4.78, 5) is 46.0. The van der Waals surface area contributed by atoms with E-state index in [0.29, 0.717) is 11.1 Å². The smallest absolute Gasteiger partial charge is 0.872 e.